The number of carbonyl (C=O) groups excluding carboxylic acids is 1. The molecule has 114 valence electrons. The zero-order valence-corrected chi connectivity index (χ0v) is 12.6. The van der Waals surface area contributed by atoms with Crippen molar-refractivity contribution >= 4 is 17.4 Å². The van der Waals surface area contributed by atoms with Crippen LogP contribution in [0.3, 0.4) is 0 Å². The van der Waals surface area contributed by atoms with Gasteiger partial charge in [0.1, 0.15) is 5.82 Å². The van der Waals surface area contributed by atoms with E-state index in [2.05, 4.69) is 15.6 Å². The molecule has 0 atom stereocenters. The molecule has 4 nitrogen and oxygen atoms in total. The molecule has 0 aliphatic rings. The summed E-state index contributed by atoms with van der Waals surface area (Å²) in [5.74, 6) is 0.393. The molecule has 3 aromatic rings. The number of hydrogen-bond acceptors (Lipinski definition) is 3. The largest absolute Gasteiger partial charge is 0.365 e. The van der Waals surface area contributed by atoms with Crippen molar-refractivity contribution in [1.29, 1.82) is 0 Å². The van der Waals surface area contributed by atoms with Gasteiger partial charge in [0.25, 0.3) is 5.91 Å². The van der Waals surface area contributed by atoms with E-state index in [1.54, 1.807) is 18.3 Å². The first-order valence-electron chi connectivity index (χ1n) is 7.42. The van der Waals surface area contributed by atoms with Crippen LogP contribution < -0.4 is 10.6 Å². The number of hydrogen-bond donors (Lipinski definition) is 2. The van der Waals surface area contributed by atoms with Gasteiger partial charge in [-0.1, -0.05) is 48.5 Å². The Hall–Kier alpha value is -3.14. The van der Waals surface area contributed by atoms with Gasteiger partial charge in [0, 0.05) is 18.4 Å². The minimum atomic E-state index is -0.181. The van der Waals surface area contributed by atoms with Crippen LogP contribution in [-0.4, -0.2) is 10.9 Å². The first-order chi connectivity index (χ1) is 11.3. The van der Waals surface area contributed by atoms with Crippen molar-refractivity contribution in [2.45, 2.75) is 6.54 Å². The Morgan fingerprint density at radius 2 is 1.57 bits per heavy atom. The van der Waals surface area contributed by atoms with Crippen molar-refractivity contribution in [3.63, 3.8) is 0 Å². The molecule has 2 N–H and O–H groups in total. The Morgan fingerprint density at radius 3 is 2.30 bits per heavy atom. The smallest absolute Gasteiger partial charge is 0.259 e. The third-order valence-corrected chi connectivity index (χ3v) is 3.39. The van der Waals surface area contributed by atoms with Gasteiger partial charge in [-0.05, 0) is 29.8 Å². The first kappa shape index (κ1) is 14.8. The Kier molecular flexibility index (Phi) is 4.64. The van der Waals surface area contributed by atoms with Crippen LogP contribution in [0.15, 0.2) is 79.0 Å². The van der Waals surface area contributed by atoms with Crippen LogP contribution in [0.1, 0.15) is 15.9 Å². The van der Waals surface area contributed by atoms with Crippen LogP contribution in [0.2, 0.25) is 0 Å². The van der Waals surface area contributed by atoms with E-state index < -0.39 is 0 Å². The third-order valence-electron chi connectivity index (χ3n) is 3.39. The summed E-state index contributed by atoms with van der Waals surface area (Å²) in [5, 5.41) is 6.10. The Labute approximate surface area is 135 Å². The lowest BCUT2D eigenvalue weighted by atomic mass is 10.2. The zero-order chi connectivity index (χ0) is 15.9. The maximum Gasteiger partial charge on any atom is 0.259 e. The van der Waals surface area contributed by atoms with Crippen molar-refractivity contribution in [3.8, 4) is 0 Å². The number of amides is 1. The molecule has 0 spiro atoms. The number of carbonyl (C=O) groups is 1. The Balaban J connectivity index is 1.73. The summed E-state index contributed by atoms with van der Waals surface area (Å²) >= 11 is 0. The highest BCUT2D eigenvalue weighted by atomic mass is 16.1. The molecule has 0 aliphatic heterocycles. The van der Waals surface area contributed by atoms with Crippen LogP contribution in [0, 0.1) is 0 Å². The van der Waals surface area contributed by atoms with Crippen molar-refractivity contribution in [3.05, 3.63) is 90.1 Å². The molecule has 0 saturated carbocycles. The summed E-state index contributed by atoms with van der Waals surface area (Å²) in [7, 11) is 0. The molecule has 0 bridgehead atoms. The van der Waals surface area contributed by atoms with Gasteiger partial charge >= 0.3 is 0 Å². The topological polar surface area (TPSA) is 54.0 Å². The zero-order valence-electron chi connectivity index (χ0n) is 12.6. The van der Waals surface area contributed by atoms with Crippen LogP contribution >= 0.6 is 0 Å². The molecule has 1 aromatic heterocycles. The average Bonchev–Trinajstić information content (AvgIpc) is 2.62. The summed E-state index contributed by atoms with van der Waals surface area (Å²) in [4.78, 5) is 16.7. The normalized spacial score (nSPS) is 10.1. The molecule has 0 fully saturated rings. The summed E-state index contributed by atoms with van der Waals surface area (Å²) in [6.45, 7) is 0.615. The second-order valence-corrected chi connectivity index (χ2v) is 5.06. The number of rotatable bonds is 5. The van der Waals surface area contributed by atoms with Crippen LogP contribution in [-0.2, 0) is 6.54 Å². The monoisotopic (exact) mass is 303 g/mol. The quantitative estimate of drug-likeness (QED) is 0.750. The molecule has 0 radical (unpaired) electrons. The van der Waals surface area contributed by atoms with Crippen molar-refractivity contribution in [2.75, 3.05) is 10.6 Å². The molecule has 0 aliphatic carbocycles. The van der Waals surface area contributed by atoms with E-state index in [-0.39, 0.29) is 5.91 Å². The highest BCUT2D eigenvalue weighted by Gasteiger charge is 2.12. The number of nitrogens with one attached hydrogen (secondary N) is 2. The van der Waals surface area contributed by atoms with E-state index in [0.29, 0.717) is 17.9 Å². The Bertz CT molecular complexity index is 773. The molecular formula is C19H17N3O. The summed E-state index contributed by atoms with van der Waals surface area (Å²) < 4.78 is 0. The molecule has 0 saturated heterocycles. The molecule has 1 amide bonds. The third kappa shape index (κ3) is 3.95. The number of aromatic nitrogens is 1. The second kappa shape index (κ2) is 7.22. The molecule has 1 heterocycles. The minimum Gasteiger partial charge on any atom is -0.365 e. The number of anilines is 2. The number of nitrogens with zero attached hydrogens (tertiary/aromatic N) is 1. The van der Waals surface area contributed by atoms with Crippen LogP contribution in [0.25, 0.3) is 0 Å². The van der Waals surface area contributed by atoms with Crippen LogP contribution in [0.5, 0.6) is 0 Å². The lowest BCUT2D eigenvalue weighted by Crippen LogP contribution is -2.15. The van der Waals surface area contributed by atoms with Gasteiger partial charge in [-0.25, -0.2) is 4.98 Å². The van der Waals surface area contributed by atoms with Gasteiger partial charge in [-0.2, -0.15) is 0 Å². The van der Waals surface area contributed by atoms with E-state index >= 15 is 0 Å². The summed E-state index contributed by atoms with van der Waals surface area (Å²) in [6.07, 6.45) is 1.67. The summed E-state index contributed by atoms with van der Waals surface area (Å²) in [6, 6.07) is 22.9. The molecular weight excluding hydrogens is 286 g/mol. The van der Waals surface area contributed by atoms with E-state index in [1.807, 2.05) is 60.7 Å². The van der Waals surface area contributed by atoms with Crippen molar-refractivity contribution < 1.29 is 4.79 Å². The molecule has 23 heavy (non-hydrogen) atoms. The summed E-state index contributed by atoms with van der Waals surface area (Å²) in [5.41, 5.74) is 2.41. The molecule has 0 unspecified atom stereocenters. The fourth-order valence-corrected chi connectivity index (χ4v) is 2.23. The fourth-order valence-electron chi connectivity index (χ4n) is 2.23. The van der Waals surface area contributed by atoms with Gasteiger partial charge in [0.05, 0.1) is 5.56 Å². The lowest BCUT2D eigenvalue weighted by molar-refractivity contribution is 0.102. The SMILES string of the molecule is O=C(Nc1ccccc1)c1cccnc1NCc1ccccc1. The standard InChI is InChI=1S/C19H17N3O/c23-19(22-16-10-5-2-6-11-16)17-12-7-13-20-18(17)21-14-15-8-3-1-4-9-15/h1-13H,14H2,(H,20,21)(H,22,23). The highest BCUT2D eigenvalue weighted by molar-refractivity contribution is 6.07. The number of para-hydroxylation sites is 1. The average molecular weight is 303 g/mol. The predicted molar refractivity (Wildman–Crippen MR) is 92.4 cm³/mol. The van der Waals surface area contributed by atoms with Crippen molar-refractivity contribution in [1.82, 2.24) is 4.98 Å². The van der Waals surface area contributed by atoms with Gasteiger partial charge in [0.15, 0.2) is 0 Å². The maximum absolute atomic E-state index is 12.5. The number of benzene rings is 2. The maximum atomic E-state index is 12.5. The lowest BCUT2D eigenvalue weighted by Gasteiger charge is -2.11. The van der Waals surface area contributed by atoms with Gasteiger partial charge in [-0.3, -0.25) is 4.79 Å². The molecule has 4 heteroatoms. The van der Waals surface area contributed by atoms with Gasteiger partial charge in [-0.15, -0.1) is 0 Å². The molecule has 2 aromatic carbocycles. The predicted octanol–water partition coefficient (Wildman–Crippen LogP) is 3.95. The highest BCUT2D eigenvalue weighted by Crippen LogP contribution is 2.15. The Morgan fingerprint density at radius 1 is 0.870 bits per heavy atom. The van der Waals surface area contributed by atoms with Crippen LogP contribution in [0.4, 0.5) is 11.5 Å². The van der Waals surface area contributed by atoms with E-state index in [0.717, 1.165) is 11.3 Å². The first-order valence-corrected chi connectivity index (χ1v) is 7.42. The molecule has 3 rings (SSSR count). The van der Waals surface area contributed by atoms with E-state index in [4.69, 9.17) is 0 Å². The van der Waals surface area contributed by atoms with E-state index in [9.17, 15) is 4.79 Å². The van der Waals surface area contributed by atoms with Gasteiger partial charge < -0.3 is 10.6 Å². The van der Waals surface area contributed by atoms with Gasteiger partial charge in [0.2, 0.25) is 0 Å². The van der Waals surface area contributed by atoms with E-state index in [1.165, 1.54) is 0 Å². The fraction of sp³-hybridized carbons (Fsp3) is 0.0526. The number of pyridine rings is 1. The minimum absolute atomic E-state index is 0.181. The van der Waals surface area contributed by atoms with Crippen molar-refractivity contribution in [2.24, 2.45) is 0 Å². The second-order valence-electron chi connectivity index (χ2n) is 5.06.